The molecule has 1 fully saturated rings. The fourth-order valence-corrected chi connectivity index (χ4v) is 3.29. The Kier molecular flexibility index (Phi) is 8.11. The van der Waals surface area contributed by atoms with Crippen LogP contribution in [0, 0.1) is 0 Å². The zero-order chi connectivity index (χ0) is 22.1. The number of aromatic amines is 1. The van der Waals surface area contributed by atoms with E-state index < -0.39 is 11.9 Å². The predicted octanol–water partition coefficient (Wildman–Crippen LogP) is 2.14. The lowest BCUT2D eigenvalue weighted by molar-refractivity contribution is -0.159. The van der Waals surface area contributed by atoms with Gasteiger partial charge >= 0.3 is 11.9 Å². The number of carbonyl (C=O) groups is 2. The Labute approximate surface area is 179 Å². The summed E-state index contributed by atoms with van der Waals surface area (Å²) in [7, 11) is 0. The molecular weight excluding hydrogens is 402 g/mol. The van der Waals surface area contributed by atoms with Gasteiger partial charge in [-0.15, -0.1) is 0 Å². The Morgan fingerprint density at radius 3 is 2.68 bits per heavy atom. The van der Waals surface area contributed by atoms with Crippen LogP contribution < -0.4 is 0 Å². The standard InChI is InChI=1S/C20H23N3O2.C2H2O4/c1-2-5-16(6-3-1)14-24-15-18-13-23(9-10-25-18)12-17-11-22-20-19(17)7-4-8-21-20;3-1(4)2(5)6/h1-8,11,18H,9-10,12-15H2,(H,21,22);(H,3,4)(H,5,6)/t18-;/m1./s1. The van der Waals surface area contributed by atoms with Gasteiger partial charge in [0.2, 0.25) is 0 Å². The van der Waals surface area contributed by atoms with Crippen LogP contribution in [0.5, 0.6) is 0 Å². The summed E-state index contributed by atoms with van der Waals surface area (Å²) in [6, 6.07) is 14.4. The second-order valence-electron chi connectivity index (χ2n) is 7.05. The maximum Gasteiger partial charge on any atom is 0.414 e. The lowest BCUT2D eigenvalue weighted by Crippen LogP contribution is -2.43. The van der Waals surface area contributed by atoms with E-state index >= 15 is 0 Å². The van der Waals surface area contributed by atoms with E-state index in [-0.39, 0.29) is 6.10 Å². The first kappa shape index (κ1) is 22.4. The van der Waals surface area contributed by atoms with Crippen molar-refractivity contribution in [3.8, 4) is 0 Å². The summed E-state index contributed by atoms with van der Waals surface area (Å²) in [4.78, 5) is 28.2. The van der Waals surface area contributed by atoms with Gasteiger partial charge in [0, 0.05) is 37.4 Å². The molecule has 3 heterocycles. The summed E-state index contributed by atoms with van der Waals surface area (Å²) in [5.74, 6) is -3.65. The molecule has 9 nitrogen and oxygen atoms in total. The molecule has 0 saturated carbocycles. The first-order chi connectivity index (χ1) is 15.0. The van der Waals surface area contributed by atoms with Crippen LogP contribution in [0.3, 0.4) is 0 Å². The topological polar surface area (TPSA) is 125 Å². The van der Waals surface area contributed by atoms with Gasteiger partial charge in [-0.05, 0) is 23.3 Å². The molecule has 0 unspecified atom stereocenters. The minimum atomic E-state index is -1.82. The molecule has 0 aliphatic carbocycles. The first-order valence-electron chi connectivity index (χ1n) is 9.85. The number of carboxylic acid groups (broad SMARTS) is 2. The Bertz CT molecular complexity index is 979. The maximum atomic E-state index is 9.10. The summed E-state index contributed by atoms with van der Waals surface area (Å²) < 4.78 is 11.7. The summed E-state index contributed by atoms with van der Waals surface area (Å²) in [5.41, 5.74) is 3.43. The van der Waals surface area contributed by atoms with E-state index in [2.05, 4.69) is 39.3 Å². The molecule has 9 heteroatoms. The summed E-state index contributed by atoms with van der Waals surface area (Å²) in [6.45, 7) is 4.75. The zero-order valence-corrected chi connectivity index (χ0v) is 16.9. The average Bonchev–Trinajstić information content (AvgIpc) is 3.18. The van der Waals surface area contributed by atoms with Crippen molar-refractivity contribution in [2.24, 2.45) is 0 Å². The Morgan fingerprint density at radius 2 is 1.94 bits per heavy atom. The van der Waals surface area contributed by atoms with E-state index in [0.29, 0.717) is 13.2 Å². The zero-order valence-electron chi connectivity index (χ0n) is 16.9. The van der Waals surface area contributed by atoms with E-state index in [9.17, 15) is 0 Å². The third kappa shape index (κ3) is 6.88. The fraction of sp³-hybridized carbons (Fsp3) is 0.318. The van der Waals surface area contributed by atoms with E-state index in [1.807, 2.05) is 30.5 Å². The van der Waals surface area contributed by atoms with Crippen LogP contribution in [0.2, 0.25) is 0 Å². The molecule has 1 aromatic carbocycles. The largest absolute Gasteiger partial charge is 0.473 e. The van der Waals surface area contributed by atoms with Crippen LogP contribution >= 0.6 is 0 Å². The molecule has 164 valence electrons. The quantitative estimate of drug-likeness (QED) is 0.511. The van der Waals surface area contributed by atoms with Crippen molar-refractivity contribution in [2.75, 3.05) is 26.3 Å². The number of H-pyrrole nitrogens is 1. The van der Waals surface area contributed by atoms with Crippen LogP contribution in [-0.2, 0) is 32.2 Å². The molecule has 1 saturated heterocycles. The SMILES string of the molecule is O=C(O)C(=O)O.c1ccc(COC[C@H]2CN(Cc3c[nH]c4ncccc34)CCO2)cc1. The number of aliphatic carboxylic acids is 2. The molecular formula is C22H25N3O6. The van der Waals surface area contributed by atoms with Gasteiger partial charge in [0.1, 0.15) is 5.65 Å². The smallest absolute Gasteiger partial charge is 0.414 e. The molecule has 3 aromatic rings. The van der Waals surface area contributed by atoms with Gasteiger partial charge in [0.25, 0.3) is 0 Å². The van der Waals surface area contributed by atoms with Gasteiger partial charge < -0.3 is 24.7 Å². The lowest BCUT2D eigenvalue weighted by Gasteiger charge is -2.32. The van der Waals surface area contributed by atoms with Gasteiger partial charge in [-0.1, -0.05) is 30.3 Å². The van der Waals surface area contributed by atoms with E-state index in [0.717, 1.165) is 31.9 Å². The van der Waals surface area contributed by atoms with E-state index in [1.165, 1.54) is 16.5 Å². The Hall–Kier alpha value is -3.27. The number of hydrogen-bond donors (Lipinski definition) is 3. The maximum absolute atomic E-state index is 9.10. The van der Waals surface area contributed by atoms with Gasteiger partial charge in [-0.3, -0.25) is 4.90 Å². The van der Waals surface area contributed by atoms with Crippen LogP contribution in [0.1, 0.15) is 11.1 Å². The molecule has 0 radical (unpaired) electrons. The van der Waals surface area contributed by atoms with Crippen molar-refractivity contribution in [1.29, 1.82) is 0 Å². The van der Waals surface area contributed by atoms with Crippen molar-refractivity contribution >= 4 is 23.0 Å². The molecule has 1 aliphatic heterocycles. The van der Waals surface area contributed by atoms with Gasteiger partial charge in [0.15, 0.2) is 0 Å². The van der Waals surface area contributed by atoms with Gasteiger partial charge in [-0.25, -0.2) is 14.6 Å². The predicted molar refractivity (Wildman–Crippen MR) is 112 cm³/mol. The number of aromatic nitrogens is 2. The highest BCUT2D eigenvalue weighted by Crippen LogP contribution is 2.19. The first-order valence-corrected chi connectivity index (χ1v) is 9.85. The number of nitrogens with zero attached hydrogens (tertiary/aromatic N) is 2. The second kappa shape index (κ2) is 11.2. The number of fused-ring (bicyclic) bond motifs is 1. The minimum absolute atomic E-state index is 0.126. The van der Waals surface area contributed by atoms with Crippen LogP contribution in [-0.4, -0.2) is 69.4 Å². The summed E-state index contributed by atoms with van der Waals surface area (Å²) >= 11 is 0. The van der Waals surface area contributed by atoms with Crippen molar-refractivity contribution in [3.05, 3.63) is 66.0 Å². The second-order valence-corrected chi connectivity index (χ2v) is 7.05. The van der Waals surface area contributed by atoms with Gasteiger partial charge in [-0.2, -0.15) is 0 Å². The highest BCUT2D eigenvalue weighted by molar-refractivity contribution is 6.27. The number of hydrogen-bond acceptors (Lipinski definition) is 6. The Morgan fingerprint density at radius 1 is 1.16 bits per heavy atom. The Balaban J connectivity index is 0.000000401. The molecule has 4 rings (SSSR count). The minimum Gasteiger partial charge on any atom is -0.473 e. The van der Waals surface area contributed by atoms with Crippen LogP contribution in [0.15, 0.2) is 54.9 Å². The highest BCUT2D eigenvalue weighted by Gasteiger charge is 2.21. The molecule has 0 amide bonds. The lowest BCUT2D eigenvalue weighted by atomic mass is 10.2. The average molecular weight is 427 g/mol. The van der Waals surface area contributed by atoms with Crippen molar-refractivity contribution in [2.45, 2.75) is 19.3 Å². The van der Waals surface area contributed by atoms with E-state index in [1.54, 1.807) is 0 Å². The number of nitrogens with one attached hydrogen (secondary N) is 1. The normalized spacial score (nSPS) is 16.5. The molecule has 1 aliphatic rings. The fourth-order valence-electron chi connectivity index (χ4n) is 3.29. The molecule has 2 aromatic heterocycles. The van der Waals surface area contributed by atoms with Crippen molar-refractivity contribution in [3.63, 3.8) is 0 Å². The van der Waals surface area contributed by atoms with Gasteiger partial charge in [0.05, 0.1) is 25.9 Å². The number of carboxylic acids is 2. The monoisotopic (exact) mass is 427 g/mol. The van der Waals surface area contributed by atoms with E-state index in [4.69, 9.17) is 29.3 Å². The van der Waals surface area contributed by atoms with Crippen LogP contribution in [0.4, 0.5) is 0 Å². The molecule has 0 spiro atoms. The molecule has 3 N–H and O–H groups in total. The molecule has 0 bridgehead atoms. The third-order valence-corrected chi connectivity index (χ3v) is 4.75. The highest BCUT2D eigenvalue weighted by atomic mass is 16.5. The number of rotatable bonds is 6. The molecule has 31 heavy (non-hydrogen) atoms. The number of ether oxygens (including phenoxy) is 2. The third-order valence-electron chi connectivity index (χ3n) is 4.75. The number of pyridine rings is 1. The van der Waals surface area contributed by atoms with Crippen molar-refractivity contribution in [1.82, 2.24) is 14.9 Å². The summed E-state index contributed by atoms with van der Waals surface area (Å²) in [5, 5.41) is 16.0. The molecule has 1 atom stereocenters. The summed E-state index contributed by atoms with van der Waals surface area (Å²) in [6.07, 6.45) is 4.01. The van der Waals surface area contributed by atoms with Crippen molar-refractivity contribution < 1.29 is 29.3 Å². The number of benzene rings is 1. The van der Waals surface area contributed by atoms with Crippen LogP contribution in [0.25, 0.3) is 11.0 Å². The number of morpholine rings is 1.